The van der Waals surface area contributed by atoms with Crippen molar-refractivity contribution in [1.29, 1.82) is 0 Å². The van der Waals surface area contributed by atoms with Gasteiger partial charge in [-0.1, -0.05) is 59.6 Å². The fraction of sp³-hybridized carbons (Fsp3) is 0.463. The molecule has 1 atom stereocenters. The lowest BCUT2D eigenvalue weighted by atomic mass is 10.1. The monoisotopic (exact) mass is 834 g/mol. The first-order valence-corrected chi connectivity index (χ1v) is 20.1. The predicted octanol–water partition coefficient (Wildman–Crippen LogP) is 8.28. The Labute approximate surface area is 346 Å². The first-order valence-electron chi connectivity index (χ1n) is 19.3. The third-order valence-electron chi connectivity index (χ3n) is 9.68. The molecule has 6 aromatic rings. The quantitative estimate of drug-likeness (QED) is 0.137. The van der Waals surface area contributed by atoms with Crippen LogP contribution in [-0.4, -0.2) is 92.9 Å². The van der Waals surface area contributed by atoms with Crippen molar-refractivity contribution in [2.24, 2.45) is 0 Å². The minimum Gasteiger partial charge on any atom is -0.388 e. The van der Waals surface area contributed by atoms with Crippen LogP contribution in [0.4, 0.5) is 32.3 Å². The average molecular weight is 836 g/mol. The topological polar surface area (TPSA) is 138 Å². The summed E-state index contributed by atoms with van der Waals surface area (Å²) in [6, 6.07) is 15.3. The Bertz CT molecular complexity index is 2250. The Balaban J connectivity index is 0.000000177. The first-order chi connectivity index (χ1) is 27.2. The summed E-state index contributed by atoms with van der Waals surface area (Å²) >= 11 is 12.7. The second-order valence-electron chi connectivity index (χ2n) is 17.5. The molecule has 1 unspecified atom stereocenters. The Morgan fingerprint density at radius 3 is 1.48 bits per heavy atom. The average Bonchev–Trinajstić information content (AvgIpc) is 3.90. The number of halogens is 4. The molecule has 58 heavy (non-hydrogen) atoms. The second kappa shape index (κ2) is 15.7. The van der Waals surface area contributed by atoms with Crippen molar-refractivity contribution in [3.8, 4) is 0 Å². The molecule has 2 aromatic carbocycles. The van der Waals surface area contributed by atoms with E-state index in [0.29, 0.717) is 65.0 Å². The molecule has 4 aromatic heterocycles. The number of β-amino-alcohol motifs (C(OH)–C–C–N with tert-alkyl or cyclic N) is 1. The summed E-state index contributed by atoms with van der Waals surface area (Å²) in [7, 11) is 0. The standard InChI is InChI=1S/C21H27ClN6O.C20H23ClF2N6/c1-20(2,3)26-19-24-17(27-10-9-21(4,29)12-27)16-18(25-19)28(13-23-16)11-14-7-5-6-8-15(14)22;1-19(2,3)27-18-25-16(28-9-8-20(22,23)11-28)15-17(26-18)29(12-24-15)10-13-6-4-5-7-14(13)21/h5-8,13,29H,9-12H2,1-4H3,(H,24,25,26);4-7,12H,8-11H2,1-3H3,(H,25,26,27). The van der Waals surface area contributed by atoms with E-state index in [1.165, 1.54) is 0 Å². The zero-order valence-electron chi connectivity index (χ0n) is 33.9. The SMILES string of the molecule is CC(C)(C)Nc1nc(N2CCC(F)(F)C2)c2ncn(Cc3ccccc3Cl)c2n1.CC1(O)CCN(c2nc(NC(C)(C)C)nc3c2ncn3Cc2ccccc2Cl)C1. The zero-order valence-corrected chi connectivity index (χ0v) is 35.4. The van der Waals surface area contributed by atoms with Gasteiger partial charge in [-0.3, -0.25) is 0 Å². The molecule has 308 valence electrons. The molecule has 17 heteroatoms. The molecule has 0 bridgehead atoms. The van der Waals surface area contributed by atoms with Crippen molar-refractivity contribution in [1.82, 2.24) is 39.0 Å². The normalized spacial score (nSPS) is 18.2. The van der Waals surface area contributed by atoms with E-state index in [4.69, 9.17) is 33.2 Å². The first kappa shape index (κ1) is 41.3. The molecular formula is C41H50Cl2F2N12O. The smallest absolute Gasteiger partial charge is 0.266 e. The number of hydrogen-bond donors (Lipinski definition) is 3. The van der Waals surface area contributed by atoms with E-state index < -0.39 is 11.5 Å². The van der Waals surface area contributed by atoms with Crippen LogP contribution in [0.15, 0.2) is 61.2 Å². The largest absolute Gasteiger partial charge is 0.388 e. The number of nitrogens with zero attached hydrogens (tertiary/aromatic N) is 10. The number of aromatic nitrogens is 8. The molecular weight excluding hydrogens is 785 g/mol. The third kappa shape index (κ3) is 9.70. The predicted molar refractivity (Wildman–Crippen MR) is 228 cm³/mol. The third-order valence-corrected chi connectivity index (χ3v) is 10.4. The minimum atomic E-state index is -2.73. The van der Waals surface area contributed by atoms with Crippen LogP contribution in [0.2, 0.25) is 10.0 Å². The Morgan fingerprint density at radius 1 is 0.672 bits per heavy atom. The lowest BCUT2D eigenvalue weighted by molar-refractivity contribution is 0.0257. The van der Waals surface area contributed by atoms with Crippen molar-refractivity contribution < 1.29 is 13.9 Å². The van der Waals surface area contributed by atoms with E-state index in [2.05, 4.69) is 56.2 Å². The number of fused-ring (bicyclic) bond motifs is 2. The summed E-state index contributed by atoms with van der Waals surface area (Å²) in [5, 5.41) is 18.4. The fourth-order valence-corrected chi connectivity index (χ4v) is 7.37. The van der Waals surface area contributed by atoms with Gasteiger partial charge in [-0.05, 0) is 78.1 Å². The van der Waals surface area contributed by atoms with E-state index in [1.807, 2.05) is 85.4 Å². The van der Waals surface area contributed by atoms with Crippen molar-refractivity contribution in [3.05, 3.63) is 82.4 Å². The molecule has 0 amide bonds. The van der Waals surface area contributed by atoms with Gasteiger partial charge in [-0.15, -0.1) is 0 Å². The number of anilines is 4. The number of benzene rings is 2. The molecule has 2 fully saturated rings. The Hall–Kier alpha value is -4.86. The zero-order chi connectivity index (χ0) is 41.6. The van der Waals surface area contributed by atoms with Gasteiger partial charge in [-0.2, -0.15) is 19.9 Å². The summed E-state index contributed by atoms with van der Waals surface area (Å²) in [5.74, 6) is -0.618. The van der Waals surface area contributed by atoms with Crippen LogP contribution in [0.25, 0.3) is 22.3 Å². The van der Waals surface area contributed by atoms with Gasteiger partial charge in [-0.25, -0.2) is 18.7 Å². The van der Waals surface area contributed by atoms with Crippen LogP contribution in [0.1, 0.15) is 72.4 Å². The van der Waals surface area contributed by atoms with Gasteiger partial charge in [0.05, 0.1) is 37.9 Å². The minimum absolute atomic E-state index is 0.185. The maximum Gasteiger partial charge on any atom is 0.266 e. The molecule has 0 aliphatic carbocycles. The molecule has 13 nitrogen and oxygen atoms in total. The highest BCUT2D eigenvalue weighted by Gasteiger charge is 2.40. The van der Waals surface area contributed by atoms with Gasteiger partial charge < -0.3 is 34.7 Å². The summed E-state index contributed by atoms with van der Waals surface area (Å²) < 4.78 is 31.6. The van der Waals surface area contributed by atoms with E-state index in [1.54, 1.807) is 17.6 Å². The van der Waals surface area contributed by atoms with Crippen molar-refractivity contribution >= 4 is 69.1 Å². The highest BCUT2D eigenvalue weighted by atomic mass is 35.5. The van der Waals surface area contributed by atoms with Gasteiger partial charge in [0.1, 0.15) is 0 Å². The summed E-state index contributed by atoms with van der Waals surface area (Å²) in [6.45, 7) is 16.2. The molecule has 3 N–H and O–H groups in total. The van der Waals surface area contributed by atoms with Crippen LogP contribution in [0.5, 0.6) is 0 Å². The number of hydrogen-bond acceptors (Lipinski definition) is 11. The van der Waals surface area contributed by atoms with Gasteiger partial charge in [0.15, 0.2) is 34.0 Å². The van der Waals surface area contributed by atoms with Crippen LogP contribution < -0.4 is 20.4 Å². The van der Waals surface area contributed by atoms with Gasteiger partial charge in [0, 0.05) is 47.2 Å². The van der Waals surface area contributed by atoms with Crippen molar-refractivity contribution in [2.75, 3.05) is 46.6 Å². The molecule has 0 radical (unpaired) electrons. The molecule has 2 saturated heterocycles. The summed E-state index contributed by atoms with van der Waals surface area (Å²) in [5.41, 5.74) is 3.29. The second-order valence-corrected chi connectivity index (χ2v) is 18.3. The van der Waals surface area contributed by atoms with Crippen LogP contribution >= 0.6 is 23.2 Å². The Morgan fingerprint density at radius 2 is 1.10 bits per heavy atom. The highest BCUT2D eigenvalue weighted by Crippen LogP contribution is 2.35. The molecule has 0 spiro atoms. The molecule has 2 aliphatic heterocycles. The van der Waals surface area contributed by atoms with E-state index in [9.17, 15) is 13.9 Å². The van der Waals surface area contributed by atoms with Crippen LogP contribution in [0, 0.1) is 0 Å². The molecule has 0 saturated carbocycles. The van der Waals surface area contributed by atoms with Crippen LogP contribution in [-0.2, 0) is 13.1 Å². The maximum atomic E-state index is 13.8. The van der Waals surface area contributed by atoms with Crippen molar-refractivity contribution in [3.63, 3.8) is 0 Å². The maximum absolute atomic E-state index is 13.8. The van der Waals surface area contributed by atoms with Crippen molar-refractivity contribution in [2.45, 2.75) is 97.0 Å². The van der Waals surface area contributed by atoms with Gasteiger partial charge >= 0.3 is 0 Å². The Kier molecular flexibility index (Phi) is 11.2. The number of nitrogens with one attached hydrogen (secondary N) is 2. The molecule has 2 aliphatic rings. The number of alkyl halides is 2. The van der Waals surface area contributed by atoms with Gasteiger partial charge in [0.2, 0.25) is 11.9 Å². The van der Waals surface area contributed by atoms with Gasteiger partial charge in [0.25, 0.3) is 5.92 Å². The summed E-state index contributed by atoms with van der Waals surface area (Å²) in [6.07, 6.45) is 3.93. The summed E-state index contributed by atoms with van der Waals surface area (Å²) in [4.78, 5) is 31.4. The number of rotatable bonds is 8. The number of imidazole rings is 2. The van der Waals surface area contributed by atoms with E-state index in [-0.39, 0.29) is 30.6 Å². The highest BCUT2D eigenvalue weighted by molar-refractivity contribution is 6.31. The number of aliphatic hydroxyl groups is 1. The van der Waals surface area contributed by atoms with Crippen LogP contribution in [0.3, 0.4) is 0 Å². The van der Waals surface area contributed by atoms with E-state index >= 15 is 0 Å². The fourth-order valence-electron chi connectivity index (χ4n) is 6.98. The molecule has 8 rings (SSSR count). The van der Waals surface area contributed by atoms with E-state index in [0.717, 1.165) is 34.7 Å². The molecule has 6 heterocycles. The lowest BCUT2D eigenvalue weighted by Crippen LogP contribution is -2.31. The lowest BCUT2D eigenvalue weighted by Gasteiger charge is -2.24.